The summed E-state index contributed by atoms with van der Waals surface area (Å²) in [6, 6.07) is 13.3. The quantitative estimate of drug-likeness (QED) is 0.478. The number of hydrogen-bond acceptors (Lipinski definition) is 5. The fourth-order valence-electron chi connectivity index (χ4n) is 3.99. The Hall–Kier alpha value is -2.19. The summed E-state index contributed by atoms with van der Waals surface area (Å²) in [6.07, 6.45) is 1.09. The number of carboxylic acid groups (broad SMARTS) is 1. The molecule has 3 aromatic heterocycles. The molecule has 0 unspecified atom stereocenters. The van der Waals surface area contributed by atoms with Gasteiger partial charge in [-0.3, -0.25) is 4.40 Å². The molecule has 1 aromatic carbocycles. The van der Waals surface area contributed by atoms with Gasteiger partial charge in [0.25, 0.3) is 0 Å². The molecule has 4 aromatic rings. The fraction of sp³-hybridized carbons (Fsp3) is 0.286. The van der Waals surface area contributed by atoms with Crippen LogP contribution in [0.15, 0.2) is 42.5 Å². The number of aromatic carboxylic acids is 1. The first-order valence-corrected chi connectivity index (χ1v) is 9.49. The molecule has 5 rings (SSSR count). The first-order chi connectivity index (χ1) is 13.6. The van der Waals surface area contributed by atoms with E-state index in [1.807, 2.05) is 40.8 Å². The number of aromatic nitrogens is 3. The molecule has 144 valence electrons. The Balaban J connectivity index is 0.00000128. The smallest absolute Gasteiger partial charge is 1.00 e. The number of anilines is 1. The molecular formula is C21H22N5NaO2. The Kier molecular flexibility index (Phi) is 5.48. The van der Waals surface area contributed by atoms with Gasteiger partial charge in [-0.05, 0) is 50.3 Å². The van der Waals surface area contributed by atoms with Crippen LogP contribution < -0.4 is 34.5 Å². The molecular weight excluding hydrogens is 377 g/mol. The van der Waals surface area contributed by atoms with E-state index in [2.05, 4.69) is 21.8 Å². The van der Waals surface area contributed by atoms with Gasteiger partial charge in [0.2, 0.25) is 0 Å². The molecule has 1 saturated heterocycles. The largest absolute Gasteiger partial charge is 1.00 e. The Morgan fingerprint density at radius 1 is 1.03 bits per heavy atom. The summed E-state index contributed by atoms with van der Waals surface area (Å²) >= 11 is 0. The minimum atomic E-state index is -0.984. The minimum Gasteiger partial charge on any atom is -1.00 e. The number of pyridine rings is 2. The average molecular weight is 399 g/mol. The molecule has 1 aliphatic rings. The van der Waals surface area contributed by atoms with Gasteiger partial charge in [-0.15, -0.1) is 0 Å². The predicted molar refractivity (Wildman–Crippen MR) is 110 cm³/mol. The van der Waals surface area contributed by atoms with Crippen LogP contribution in [0.1, 0.15) is 18.2 Å². The molecule has 1 fully saturated rings. The van der Waals surface area contributed by atoms with Gasteiger partial charge in [-0.25, -0.2) is 14.8 Å². The first kappa shape index (κ1) is 20.1. The molecule has 0 radical (unpaired) electrons. The van der Waals surface area contributed by atoms with Crippen molar-refractivity contribution in [1.29, 1.82) is 0 Å². The van der Waals surface area contributed by atoms with Crippen LogP contribution in [0.25, 0.3) is 27.7 Å². The zero-order valence-corrected chi connectivity index (χ0v) is 18.7. The third kappa shape index (κ3) is 3.48. The molecule has 0 saturated carbocycles. The second-order valence-electron chi connectivity index (χ2n) is 7.35. The molecule has 0 atom stereocenters. The van der Waals surface area contributed by atoms with Gasteiger partial charge in [0.05, 0.1) is 11.0 Å². The van der Waals surface area contributed by atoms with Crippen molar-refractivity contribution in [2.24, 2.45) is 0 Å². The number of nitrogens with zero attached hydrogens (tertiary/aromatic N) is 5. The molecule has 0 amide bonds. The van der Waals surface area contributed by atoms with Gasteiger partial charge in [0, 0.05) is 25.0 Å². The van der Waals surface area contributed by atoms with Gasteiger partial charge < -0.3 is 16.3 Å². The van der Waals surface area contributed by atoms with Crippen molar-refractivity contribution < 1.29 is 40.9 Å². The van der Waals surface area contributed by atoms with E-state index in [9.17, 15) is 9.90 Å². The number of fused-ring (bicyclic) bond motifs is 5. The van der Waals surface area contributed by atoms with E-state index in [1.54, 1.807) is 6.07 Å². The maximum atomic E-state index is 11.8. The van der Waals surface area contributed by atoms with Gasteiger partial charge in [0.1, 0.15) is 17.0 Å². The summed E-state index contributed by atoms with van der Waals surface area (Å²) in [5.74, 6) is -0.0632. The van der Waals surface area contributed by atoms with Gasteiger partial charge in [0.15, 0.2) is 5.65 Å². The molecule has 0 aliphatic carbocycles. The SMILES string of the molecule is CN1CCCN(c2ccc3cc(C(=O)O)c4nc5ccccc5n4c3n2)CC1.[H-].[Na+]. The van der Waals surface area contributed by atoms with Crippen LogP contribution in [-0.4, -0.2) is 63.6 Å². The van der Waals surface area contributed by atoms with E-state index >= 15 is 0 Å². The molecule has 8 heteroatoms. The van der Waals surface area contributed by atoms with E-state index in [1.165, 1.54) is 0 Å². The number of benzene rings is 1. The monoisotopic (exact) mass is 399 g/mol. The van der Waals surface area contributed by atoms with E-state index < -0.39 is 5.97 Å². The minimum absolute atomic E-state index is 0. The number of hydrogen-bond donors (Lipinski definition) is 1. The number of rotatable bonds is 2. The van der Waals surface area contributed by atoms with Gasteiger partial charge in [-0.2, -0.15) is 0 Å². The zero-order chi connectivity index (χ0) is 19.3. The normalized spacial score (nSPS) is 15.6. The van der Waals surface area contributed by atoms with E-state index in [0.717, 1.165) is 60.5 Å². The summed E-state index contributed by atoms with van der Waals surface area (Å²) < 4.78 is 1.88. The fourth-order valence-corrected chi connectivity index (χ4v) is 3.99. The third-order valence-electron chi connectivity index (χ3n) is 5.48. The van der Waals surface area contributed by atoms with Crippen LogP contribution in [0.4, 0.5) is 5.82 Å². The topological polar surface area (TPSA) is 74.0 Å². The molecule has 0 spiro atoms. The second-order valence-corrected chi connectivity index (χ2v) is 7.35. The van der Waals surface area contributed by atoms with Crippen molar-refractivity contribution in [3.63, 3.8) is 0 Å². The second kappa shape index (κ2) is 7.91. The molecule has 1 N–H and O–H groups in total. The van der Waals surface area contributed by atoms with Crippen molar-refractivity contribution in [3.8, 4) is 0 Å². The van der Waals surface area contributed by atoms with Crippen LogP contribution in [0, 0.1) is 0 Å². The van der Waals surface area contributed by atoms with Crippen LogP contribution in [-0.2, 0) is 0 Å². The summed E-state index contributed by atoms with van der Waals surface area (Å²) in [5.41, 5.74) is 2.99. The Bertz CT molecular complexity index is 1230. The van der Waals surface area contributed by atoms with Crippen molar-refractivity contribution >= 4 is 39.5 Å². The van der Waals surface area contributed by atoms with E-state index in [4.69, 9.17) is 4.98 Å². The van der Waals surface area contributed by atoms with Gasteiger partial charge in [-0.1, -0.05) is 12.1 Å². The third-order valence-corrected chi connectivity index (χ3v) is 5.48. The number of carboxylic acids is 1. The molecule has 4 heterocycles. The molecule has 1 aliphatic heterocycles. The number of carbonyl (C=O) groups is 1. The predicted octanol–water partition coefficient (Wildman–Crippen LogP) is -0.00770. The number of imidazole rings is 1. The maximum Gasteiger partial charge on any atom is 1.00 e. The van der Waals surface area contributed by atoms with Crippen molar-refractivity contribution in [3.05, 3.63) is 48.0 Å². The number of likely N-dealkylation sites (N-methyl/N-ethyl adjacent to an activating group) is 1. The number of para-hydroxylation sites is 2. The molecule has 29 heavy (non-hydrogen) atoms. The van der Waals surface area contributed by atoms with Crippen LogP contribution in [0.5, 0.6) is 0 Å². The molecule has 7 nitrogen and oxygen atoms in total. The summed E-state index contributed by atoms with van der Waals surface area (Å²) in [4.78, 5) is 26.0. The standard InChI is InChI=1S/C21H21N5O2.Na.H/c1-24-9-4-10-25(12-11-24)18-8-7-14-13-15(21(27)28)20-22-16-5-2-3-6-17(16)26(20)19(14)23-18;;/h2-3,5-8,13H,4,9-12H2,1H3,(H,27,28);;/q;+1;-1. The van der Waals surface area contributed by atoms with Crippen LogP contribution in [0.2, 0.25) is 0 Å². The zero-order valence-electron chi connectivity index (χ0n) is 17.7. The van der Waals surface area contributed by atoms with Crippen molar-refractivity contribution in [2.45, 2.75) is 6.42 Å². The van der Waals surface area contributed by atoms with Crippen molar-refractivity contribution in [2.75, 3.05) is 38.1 Å². The van der Waals surface area contributed by atoms with Crippen molar-refractivity contribution in [1.82, 2.24) is 19.3 Å². The van der Waals surface area contributed by atoms with E-state index in [0.29, 0.717) is 5.65 Å². The maximum absolute atomic E-state index is 11.8. The van der Waals surface area contributed by atoms with Gasteiger partial charge >= 0.3 is 35.5 Å². The first-order valence-electron chi connectivity index (χ1n) is 9.49. The Labute approximate surface area is 191 Å². The summed E-state index contributed by atoms with van der Waals surface area (Å²) in [6.45, 7) is 3.98. The molecule has 0 bridgehead atoms. The Morgan fingerprint density at radius 2 is 1.86 bits per heavy atom. The Morgan fingerprint density at radius 3 is 2.69 bits per heavy atom. The van der Waals surface area contributed by atoms with Crippen LogP contribution in [0.3, 0.4) is 0 Å². The average Bonchev–Trinajstić information content (AvgIpc) is 2.95. The summed E-state index contributed by atoms with van der Waals surface area (Å²) in [5, 5.41) is 10.5. The van der Waals surface area contributed by atoms with E-state index in [-0.39, 0.29) is 36.5 Å². The van der Waals surface area contributed by atoms with Crippen LogP contribution >= 0.6 is 0 Å². The summed E-state index contributed by atoms with van der Waals surface area (Å²) in [7, 11) is 2.14.